The summed E-state index contributed by atoms with van der Waals surface area (Å²) < 4.78 is 9.62. The van der Waals surface area contributed by atoms with E-state index >= 15 is 0 Å². The van der Waals surface area contributed by atoms with Crippen molar-refractivity contribution in [3.63, 3.8) is 0 Å². The zero-order valence-electron chi connectivity index (χ0n) is 7.34. The fraction of sp³-hybridized carbons (Fsp3) is 0.444. The molecule has 3 nitrogen and oxygen atoms in total. The Bertz CT molecular complexity index is 173. The summed E-state index contributed by atoms with van der Waals surface area (Å²) in [7, 11) is 0. The van der Waals surface area contributed by atoms with Gasteiger partial charge < -0.3 is 9.47 Å². The Kier molecular flexibility index (Phi) is 5.79. The molecule has 0 N–H and O–H groups in total. The molecule has 0 rings (SSSR count). The van der Waals surface area contributed by atoms with Crippen LogP contribution in [0.3, 0.4) is 0 Å². The van der Waals surface area contributed by atoms with Crippen LogP contribution in [-0.2, 0) is 14.3 Å². The molecule has 0 aliphatic heterocycles. The van der Waals surface area contributed by atoms with E-state index in [1.54, 1.807) is 0 Å². The van der Waals surface area contributed by atoms with Crippen molar-refractivity contribution < 1.29 is 14.3 Å². The molecule has 0 aromatic heterocycles. The highest BCUT2D eigenvalue weighted by molar-refractivity contribution is 5.85. The number of hydrogen-bond donors (Lipinski definition) is 0. The molecule has 0 spiro atoms. The van der Waals surface area contributed by atoms with Gasteiger partial charge in [-0.1, -0.05) is 19.6 Å². The number of carbonyl (C=O) groups excluding carboxylic acids is 1. The summed E-state index contributed by atoms with van der Waals surface area (Å²) in [4.78, 5) is 10.9. The average molecular weight is 170 g/mol. The minimum atomic E-state index is -0.501. The van der Waals surface area contributed by atoms with Crippen molar-refractivity contribution in [3.8, 4) is 0 Å². The van der Waals surface area contributed by atoms with E-state index in [-0.39, 0.29) is 12.4 Å². The Balaban J connectivity index is 3.61. The fourth-order valence-corrected chi connectivity index (χ4v) is 0.494. The van der Waals surface area contributed by atoms with Crippen molar-refractivity contribution in [2.24, 2.45) is 0 Å². The number of rotatable bonds is 6. The minimum Gasteiger partial charge on any atom is -0.483 e. The molecule has 0 aromatic carbocycles. The second-order valence-electron chi connectivity index (χ2n) is 2.16. The van der Waals surface area contributed by atoms with Gasteiger partial charge in [-0.15, -0.1) is 0 Å². The summed E-state index contributed by atoms with van der Waals surface area (Å²) in [5.74, 6) is -0.470. The van der Waals surface area contributed by atoms with Gasteiger partial charge in [-0.3, -0.25) is 0 Å². The first-order valence-electron chi connectivity index (χ1n) is 3.82. The van der Waals surface area contributed by atoms with Crippen LogP contribution in [0.4, 0.5) is 0 Å². The predicted octanol–water partition coefficient (Wildman–Crippen LogP) is 1.66. The topological polar surface area (TPSA) is 35.5 Å². The van der Waals surface area contributed by atoms with E-state index in [9.17, 15) is 4.79 Å². The van der Waals surface area contributed by atoms with Crippen molar-refractivity contribution in [2.75, 3.05) is 13.2 Å². The maximum absolute atomic E-state index is 10.9. The summed E-state index contributed by atoms with van der Waals surface area (Å²) in [6, 6.07) is 0. The maximum atomic E-state index is 10.9. The molecule has 0 saturated heterocycles. The summed E-state index contributed by atoms with van der Waals surface area (Å²) in [5.41, 5.74) is 0. The number of carbonyl (C=O) groups is 1. The van der Waals surface area contributed by atoms with E-state index in [2.05, 4.69) is 13.2 Å². The van der Waals surface area contributed by atoms with Crippen LogP contribution in [-0.4, -0.2) is 19.2 Å². The monoisotopic (exact) mass is 170 g/mol. The third-order valence-corrected chi connectivity index (χ3v) is 1.04. The van der Waals surface area contributed by atoms with Crippen LogP contribution in [0.25, 0.3) is 0 Å². The third-order valence-electron chi connectivity index (χ3n) is 1.04. The predicted molar refractivity (Wildman–Crippen MR) is 46.5 cm³/mol. The molecule has 68 valence electrons. The zero-order chi connectivity index (χ0) is 9.40. The van der Waals surface area contributed by atoms with Crippen molar-refractivity contribution in [1.29, 1.82) is 0 Å². The largest absolute Gasteiger partial charge is 0.483 e. The minimum absolute atomic E-state index is 0.0309. The Morgan fingerprint density at radius 1 is 1.50 bits per heavy atom. The normalized spacial score (nSPS) is 8.75. The van der Waals surface area contributed by atoms with Crippen LogP contribution < -0.4 is 0 Å². The van der Waals surface area contributed by atoms with Crippen LogP contribution in [0.15, 0.2) is 25.0 Å². The molecule has 12 heavy (non-hydrogen) atoms. The lowest BCUT2D eigenvalue weighted by atomic mass is 10.5. The molecular formula is C9H14O3. The highest BCUT2D eigenvalue weighted by Gasteiger charge is 2.07. The molecule has 3 heteroatoms. The van der Waals surface area contributed by atoms with Gasteiger partial charge in [-0.05, 0) is 13.0 Å². The Labute approximate surface area is 72.7 Å². The average Bonchev–Trinajstić information content (AvgIpc) is 2.10. The van der Waals surface area contributed by atoms with E-state index in [4.69, 9.17) is 9.47 Å². The van der Waals surface area contributed by atoms with E-state index in [0.29, 0.717) is 6.61 Å². The van der Waals surface area contributed by atoms with Crippen LogP contribution in [0, 0.1) is 0 Å². The first-order valence-corrected chi connectivity index (χ1v) is 3.82. The van der Waals surface area contributed by atoms with Gasteiger partial charge in [0.2, 0.25) is 0 Å². The zero-order valence-corrected chi connectivity index (χ0v) is 7.34. The van der Waals surface area contributed by atoms with Crippen LogP contribution >= 0.6 is 0 Å². The number of ether oxygens (including phenoxy) is 2. The Hall–Kier alpha value is -1.25. The second-order valence-corrected chi connectivity index (χ2v) is 2.16. The standard InChI is InChI=1S/C9H14O3/c1-4-6-11-8(3)9(10)12-7-5-2/h4H,1,3,5-7H2,2H3. The molecule has 0 aliphatic rings. The smallest absolute Gasteiger partial charge is 0.372 e. The number of esters is 1. The van der Waals surface area contributed by atoms with E-state index in [1.807, 2.05) is 6.92 Å². The highest BCUT2D eigenvalue weighted by Crippen LogP contribution is 1.97. The first kappa shape index (κ1) is 10.8. The van der Waals surface area contributed by atoms with Gasteiger partial charge in [0.15, 0.2) is 5.76 Å². The third kappa shape index (κ3) is 4.55. The quantitative estimate of drug-likeness (QED) is 0.263. The molecule has 0 atom stereocenters. The molecular weight excluding hydrogens is 156 g/mol. The molecule has 0 saturated carbocycles. The lowest BCUT2D eigenvalue weighted by Crippen LogP contribution is -2.10. The maximum Gasteiger partial charge on any atom is 0.372 e. The second kappa shape index (κ2) is 6.46. The van der Waals surface area contributed by atoms with E-state index in [0.717, 1.165) is 6.42 Å². The van der Waals surface area contributed by atoms with Crippen molar-refractivity contribution in [1.82, 2.24) is 0 Å². The molecule has 0 amide bonds. The highest BCUT2D eigenvalue weighted by atomic mass is 16.6. The van der Waals surface area contributed by atoms with Crippen LogP contribution in [0.1, 0.15) is 13.3 Å². The molecule has 0 aliphatic carbocycles. The Morgan fingerprint density at radius 2 is 2.17 bits per heavy atom. The summed E-state index contributed by atoms with van der Waals surface area (Å²) in [6.45, 7) is 9.43. The van der Waals surface area contributed by atoms with Crippen LogP contribution in [0.5, 0.6) is 0 Å². The van der Waals surface area contributed by atoms with Gasteiger partial charge in [-0.25, -0.2) is 4.79 Å². The van der Waals surface area contributed by atoms with Gasteiger partial charge in [0.05, 0.1) is 6.61 Å². The lowest BCUT2D eigenvalue weighted by molar-refractivity contribution is -0.142. The van der Waals surface area contributed by atoms with E-state index < -0.39 is 5.97 Å². The first-order chi connectivity index (χ1) is 5.72. The van der Waals surface area contributed by atoms with E-state index in [1.165, 1.54) is 6.08 Å². The van der Waals surface area contributed by atoms with Crippen molar-refractivity contribution in [3.05, 3.63) is 25.0 Å². The summed E-state index contributed by atoms with van der Waals surface area (Å²) in [5, 5.41) is 0. The fourth-order valence-electron chi connectivity index (χ4n) is 0.494. The molecule has 0 aromatic rings. The van der Waals surface area contributed by atoms with Crippen molar-refractivity contribution >= 4 is 5.97 Å². The molecule has 0 radical (unpaired) electrons. The molecule has 0 unspecified atom stereocenters. The summed E-state index contributed by atoms with van der Waals surface area (Å²) in [6.07, 6.45) is 2.33. The summed E-state index contributed by atoms with van der Waals surface area (Å²) >= 11 is 0. The SMILES string of the molecule is C=CCOC(=C)C(=O)OCCC. The number of hydrogen-bond acceptors (Lipinski definition) is 3. The Morgan fingerprint density at radius 3 is 2.67 bits per heavy atom. The lowest BCUT2D eigenvalue weighted by Gasteiger charge is -2.05. The molecule has 0 fully saturated rings. The van der Waals surface area contributed by atoms with Gasteiger partial charge in [-0.2, -0.15) is 0 Å². The molecule has 0 bridgehead atoms. The van der Waals surface area contributed by atoms with Gasteiger partial charge >= 0.3 is 5.97 Å². The van der Waals surface area contributed by atoms with Crippen molar-refractivity contribution in [2.45, 2.75) is 13.3 Å². The van der Waals surface area contributed by atoms with Gasteiger partial charge in [0.1, 0.15) is 6.61 Å². The van der Waals surface area contributed by atoms with Crippen LogP contribution in [0.2, 0.25) is 0 Å². The molecule has 0 heterocycles. The van der Waals surface area contributed by atoms with Gasteiger partial charge in [0, 0.05) is 0 Å². The van der Waals surface area contributed by atoms with Gasteiger partial charge in [0.25, 0.3) is 0 Å².